The summed E-state index contributed by atoms with van der Waals surface area (Å²) in [6, 6.07) is 17.8. The molecule has 1 heterocycles. The summed E-state index contributed by atoms with van der Waals surface area (Å²) in [7, 11) is -3.53. The van der Waals surface area contributed by atoms with Crippen LogP contribution >= 0.6 is 11.6 Å². The van der Waals surface area contributed by atoms with E-state index in [1.165, 1.54) is 0 Å². The van der Waals surface area contributed by atoms with Gasteiger partial charge in [0, 0.05) is 23.5 Å². The molecule has 0 amide bonds. The lowest BCUT2D eigenvalue weighted by atomic mass is 10.1. The van der Waals surface area contributed by atoms with E-state index in [1.807, 2.05) is 34.9 Å². The molecule has 0 aliphatic carbocycles. The maximum atomic E-state index is 12.9. The molecule has 0 N–H and O–H groups in total. The minimum Gasteiger partial charge on any atom is -0.346 e. The molecule has 3 nitrogen and oxygen atoms in total. The molecule has 0 bridgehead atoms. The van der Waals surface area contributed by atoms with E-state index in [2.05, 4.69) is 6.92 Å². The zero-order chi connectivity index (χ0) is 17.9. The van der Waals surface area contributed by atoms with Crippen LogP contribution in [0.5, 0.6) is 0 Å². The van der Waals surface area contributed by atoms with Gasteiger partial charge >= 0.3 is 0 Å². The van der Waals surface area contributed by atoms with E-state index in [9.17, 15) is 8.42 Å². The minimum absolute atomic E-state index is 0.310. The average Bonchev–Trinajstić information content (AvgIpc) is 3.06. The quantitative estimate of drug-likeness (QED) is 0.577. The van der Waals surface area contributed by atoms with Gasteiger partial charge in [-0.3, -0.25) is 0 Å². The summed E-state index contributed by atoms with van der Waals surface area (Å²) in [4.78, 5) is 0.630. The smallest absolute Gasteiger partial charge is 0.208 e. The fourth-order valence-corrected chi connectivity index (χ4v) is 4.19. The molecule has 0 fully saturated rings. The topological polar surface area (TPSA) is 39.1 Å². The molecular formula is C20H20ClNO2S. The van der Waals surface area contributed by atoms with Crippen molar-refractivity contribution in [3.05, 3.63) is 71.9 Å². The number of nitrogens with zero attached hydrogens (tertiary/aromatic N) is 1. The molecule has 2 aromatic carbocycles. The highest BCUT2D eigenvalue weighted by atomic mass is 35.5. The van der Waals surface area contributed by atoms with Crippen LogP contribution in [0.1, 0.15) is 19.8 Å². The highest BCUT2D eigenvalue weighted by Gasteiger charge is 2.21. The lowest BCUT2D eigenvalue weighted by Gasteiger charge is -2.08. The number of hydrogen-bond acceptors (Lipinski definition) is 2. The predicted octanol–water partition coefficient (Wildman–Crippen LogP) is 5.44. The SMILES string of the molecule is CCCCn1cc(S(=O)(=O)c2ccccc2)cc1-c1ccc(Cl)cc1. The normalized spacial score (nSPS) is 11.6. The molecule has 1 aromatic heterocycles. The van der Waals surface area contributed by atoms with Gasteiger partial charge in [-0.2, -0.15) is 0 Å². The first-order chi connectivity index (χ1) is 12.0. The number of halogens is 1. The second-order valence-electron chi connectivity index (χ2n) is 5.93. The molecule has 3 rings (SSSR count). The molecule has 0 atom stereocenters. The summed E-state index contributed by atoms with van der Waals surface area (Å²) >= 11 is 5.98. The zero-order valence-electron chi connectivity index (χ0n) is 14.0. The van der Waals surface area contributed by atoms with Crippen molar-refractivity contribution in [3.63, 3.8) is 0 Å². The van der Waals surface area contributed by atoms with Crippen LogP contribution in [-0.4, -0.2) is 13.0 Å². The predicted molar refractivity (Wildman–Crippen MR) is 102 cm³/mol. The summed E-state index contributed by atoms with van der Waals surface area (Å²) in [6.45, 7) is 2.89. The highest BCUT2D eigenvalue weighted by molar-refractivity contribution is 7.91. The third-order valence-electron chi connectivity index (χ3n) is 4.13. The largest absolute Gasteiger partial charge is 0.346 e. The standard InChI is InChI=1S/C20H20ClNO2S/c1-2-3-13-22-15-19(25(23,24)18-7-5-4-6-8-18)14-20(22)16-9-11-17(21)12-10-16/h4-12,14-15H,2-3,13H2,1H3. The van der Waals surface area contributed by atoms with E-state index in [4.69, 9.17) is 11.6 Å². The van der Waals surface area contributed by atoms with E-state index >= 15 is 0 Å². The molecule has 0 spiro atoms. The van der Waals surface area contributed by atoms with E-state index in [0.717, 1.165) is 30.6 Å². The number of sulfone groups is 1. The third kappa shape index (κ3) is 3.80. The Balaban J connectivity index is 2.08. The van der Waals surface area contributed by atoms with Crippen LogP contribution in [0, 0.1) is 0 Å². The van der Waals surface area contributed by atoms with Crippen molar-refractivity contribution in [1.82, 2.24) is 4.57 Å². The molecule has 0 saturated carbocycles. The molecule has 25 heavy (non-hydrogen) atoms. The van der Waals surface area contributed by atoms with E-state index in [-0.39, 0.29) is 0 Å². The molecule has 0 aliphatic rings. The van der Waals surface area contributed by atoms with Crippen molar-refractivity contribution in [2.24, 2.45) is 0 Å². The molecule has 5 heteroatoms. The number of benzene rings is 2. The number of unbranched alkanes of at least 4 members (excludes halogenated alkanes) is 1. The molecule has 0 saturated heterocycles. The van der Waals surface area contributed by atoms with Crippen LogP contribution in [0.15, 0.2) is 76.7 Å². The van der Waals surface area contributed by atoms with Gasteiger partial charge in [0.15, 0.2) is 0 Å². The second kappa shape index (κ2) is 7.46. The van der Waals surface area contributed by atoms with Crippen molar-refractivity contribution < 1.29 is 8.42 Å². The lowest BCUT2D eigenvalue weighted by Crippen LogP contribution is -2.01. The summed E-state index contributed by atoms with van der Waals surface area (Å²) in [6.07, 6.45) is 3.76. The number of hydrogen-bond donors (Lipinski definition) is 0. The van der Waals surface area contributed by atoms with E-state index in [1.54, 1.807) is 36.5 Å². The first-order valence-corrected chi connectivity index (χ1v) is 10.1. The summed E-state index contributed by atoms with van der Waals surface area (Å²) in [5.41, 5.74) is 1.84. The van der Waals surface area contributed by atoms with Crippen LogP contribution in [0.2, 0.25) is 5.02 Å². The van der Waals surface area contributed by atoms with Crippen LogP contribution in [-0.2, 0) is 16.4 Å². The van der Waals surface area contributed by atoms with Crippen molar-refractivity contribution in [2.45, 2.75) is 36.1 Å². The molecule has 0 radical (unpaired) electrons. The van der Waals surface area contributed by atoms with E-state index < -0.39 is 9.84 Å². The molecule has 0 aliphatic heterocycles. The zero-order valence-corrected chi connectivity index (χ0v) is 15.6. The van der Waals surface area contributed by atoms with Gasteiger partial charge in [-0.05, 0) is 42.3 Å². The van der Waals surface area contributed by atoms with Gasteiger partial charge in [0.25, 0.3) is 0 Å². The Morgan fingerprint density at radius 2 is 1.64 bits per heavy atom. The first-order valence-electron chi connectivity index (χ1n) is 8.28. The maximum Gasteiger partial charge on any atom is 0.208 e. The molecule has 130 valence electrons. The van der Waals surface area contributed by atoms with Gasteiger partial charge in [0.05, 0.1) is 9.79 Å². The third-order valence-corrected chi connectivity index (χ3v) is 6.12. The number of aromatic nitrogens is 1. The van der Waals surface area contributed by atoms with Gasteiger partial charge in [-0.25, -0.2) is 8.42 Å². The lowest BCUT2D eigenvalue weighted by molar-refractivity contribution is 0.594. The molecular weight excluding hydrogens is 354 g/mol. The highest BCUT2D eigenvalue weighted by Crippen LogP contribution is 2.29. The first kappa shape index (κ1) is 17.8. The van der Waals surface area contributed by atoms with Crippen molar-refractivity contribution in [1.29, 1.82) is 0 Å². The van der Waals surface area contributed by atoms with Crippen molar-refractivity contribution in [3.8, 4) is 11.3 Å². The second-order valence-corrected chi connectivity index (χ2v) is 8.32. The fourth-order valence-electron chi connectivity index (χ4n) is 2.74. The number of aryl methyl sites for hydroxylation is 1. The Morgan fingerprint density at radius 3 is 2.28 bits per heavy atom. The Kier molecular flexibility index (Phi) is 5.30. The summed E-state index contributed by atoms with van der Waals surface area (Å²) in [5, 5.41) is 0.660. The molecule has 0 unspecified atom stereocenters. The monoisotopic (exact) mass is 373 g/mol. The Hall–Kier alpha value is -2.04. The van der Waals surface area contributed by atoms with Gasteiger partial charge in [-0.1, -0.05) is 55.3 Å². The Bertz CT molecular complexity index is 945. The number of rotatable bonds is 6. The van der Waals surface area contributed by atoms with Gasteiger partial charge < -0.3 is 4.57 Å². The van der Waals surface area contributed by atoms with Crippen LogP contribution < -0.4 is 0 Å². The molecule has 3 aromatic rings. The van der Waals surface area contributed by atoms with Crippen LogP contribution in [0.3, 0.4) is 0 Å². The van der Waals surface area contributed by atoms with Crippen LogP contribution in [0.4, 0.5) is 0 Å². The van der Waals surface area contributed by atoms with Gasteiger partial charge in [0.1, 0.15) is 0 Å². The average molecular weight is 374 g/mol. The van der Waals surface area contributed by atoms with Gasteiger partial charge in [-0.15, -0.1) is 0 Å². The Morgan fingerprint density at radius 1 is 0.960 bits per heavy atom. The van der Waals surface area contributed by atoms with E-state index in [0.29, 0.717) is 14.8 Å². The summed E-state index contributed by atoms with van der Waals surface area (Å²) in [5.74, 6) is 0. The van der Waals surface area contributed by atoms with Crippen LogP contribution in [0.25, 0.3) is 11.3 Å². The minimum atomic E-state index is -3.53. The Labute approximate surface area is 153 Å². The van der Waals surface area contributed by atoms with Gasteiger partial charge in [0.2, 0.25) is 9.84 Å². The maximum absolute atomic E-state index is 12.9. The van der Waals surface area contributed by atoms with Crippen molar-refractivity contribution >= 4 is 21.4 Å². The van der Waals surface area contributed by atoms with Crippen molar-refractivity contribution in [2.75, 3.05) is 0 Å². The summed E-state index contributed by atoms with van der Waals surface area (Å²) < 4.78 is 27.9. The fraction of sp³-hybridized carbons (Fsp3) is 0.200.